The molecule has 0 bridgehead atoms. The van der Waals surface area contributed by atoms with Crippen LogP contribution in [0.4, 0.5) is 27.8 Å². The average molecular weight is 459 g/mol. The van der Waals surface area contributed by atoms with Gasteiger partial charge in [0.15, 0.2) is 0 Å². The van der Waals surface area contributed by atoms with Crippen LogP contribution in [0.25, 0.3) is 11.3 Å². The fraction of sp³-hybridized carbons (Fsp3) is 0.346. The van der Waals surface area contributed by atoms with Crippen LogP contribution in [0.3, 0.4) is 0 Å². The monoisotopic (exact) mass is 458 g/mol. The summed E-state index contributed by atoms with van der Waals surface area (Å²) in [7, 11) is 0. The average Bonchev–Trinajstić information content (AvgIpc) is 3.32. The Balaban J connectivity index is 1.22. The van der Waals surface area contributed by atoms with Gasteiger partial charge in [0.1, 0.15) is 0 Å². The molecule has 2 fully saturated rings. The zero-order valence-corrected chi connectivity index (χ0v) is 19.4. The molecule has 176 valence electrons. The number of likely N-dealkylation sites (tertiary alicyclic amines) is 1. The maximum absolute atomic E-state index is 12.5. The van der Waals surface area contributed by atoms with Crippen molar-refractivity contribution in [3.8, 4) is 11.3 Å². The summed E-state index contributed by atoms with van der Waals surface area (Å²) in [6, 6.07) is 18.2. The summed E-state index contributed by atoms with van der Waals surface area (Å²) in [6.07, 6.45) is 3.88. The van der Waals surface area contributed by atoms with Crippen molar-refractivity contribution in [2.24, 2.45) is 0 Å². The lowest BCUT2D eigenvalue weighted by Gasteiger charge is -2.28. The van der Waals surface area contributed by atoms with Gasteiger partial charge in [-0.2, -0.15) is 0 Å². The first-order chi connectivity index (χ1) is 16.7. The molecule has 0 unspecified atom stereocenters. The number of hydrogen-bond donors (Lipinski definition) is 2. The molecule has 8 nitrogen and oxygen atoms in total. The van der Waals surface area contributed by atoms with Gasteiger partial charge in [-0.25, -0.2) is 14.8 Å². The van der Waals surface area contributed by atoms with Crippen molar-refractivity contribution in [1.29, 1.82) is 0 Å². The first-order valence-electron chi connectivity index (χ1n) is 11.9. The SMILES string of the molecule is C[C@@H]1CCCN1C(=O)Nc1ccc(-c2ccnc(Nc3ccc(N4CCOCC4)cc3)n2)cc1. The molecule has 2 aromatic carbocycles. The number of ether oxygens (including phenoxy) is 1. The third kappa shape index (κ3) is 5.12. The topological polar surface area (TPSA) is 82.6 Å². The Morgan fingerprint density at radius 3 is 2.41 bits per heavy atom. The molecule has 2 aliphatic rings. The maximum atomic E-state index is 12.5. The van der Waals surface area contributed by atoms with E-state index in [9.17, 15) is 4.79 Å². The maximum Gasteiger partial charge on any atom is 0.322 e. The zero-order valence-electron chi connectivity index (χ0n) is 19.4. The van der Waals surface area contributed by atoms with Crippen LogP contribution in [-0.4, -0.2) is 59.8 Å². The molecule has 5 rings (SSSR count). The number of carbonyl (C=O) groups excluding carboxylic acids is 1. The molecule has 3 heterocycles. The van der Waals surface area contributed by atoms with Gasteiger partial charge in [-0.15, -0.1) is 0 Å². The van der Waals surface area contributed by atoms with E-state index in [0.29, 0.717) is 12.0 Å². The van der Waals surface area contributed by atoms with Gasteiger partial charge in [0, 0.05) is 54.5 Å². The minimum Gasteiger partial charge on any atom is -0.378 e. The first kappa shape index (κ1) is 22.2. The van der Waals surface area contributed by atoms with Crippen LogP contribution in [0.15, 0.2) is 60.8 Å². The molecule has 0 aliphatic carbocycles. The van der Waals surface area contributed by atoms with E-state index in [1.165, 1.54) is 5.69 Å². The first-order valence-corrected chi connectivity index (χ1v) is 11.9. The van der Waals surface area contributed by atoms with E-state index in [4.69, 9.17) is 4.74 Å². The Kier molecular flexibility index (Phi) is 6.58. The molecule has 2 aliphatic heterocycles. The smallest absolute Gasteiger partial charge is 0.322 e. The molecule has 0 saturated carbocycles. The largest absolute Gasteiger partial charge is 0.378 e. The van der Waals surface area contributed by atoms with Crippen molar-refractivity contribution in [3.05, 3.63) is 60.8 Å². The number of amides is 2. The fourth-order valence-corrected chi connectivity index (χ4v) is 4.44. The van der Waals surface area contributed by atoms with Crippen molar-refractivity contribution >= 4 is 29.0 Å². The zero-order chi connectivity index (χ0) is 23.3. The Morgan fingerprint density at radius 1 is 0.971 bits per heavy atom. The summed E-state index contributed by atoms with van der Waals surface area (Å²) in [5.41, 5.74) is 4.67. The normalized spacial score (nSPS) is 18.1. The van der Waals surface area contributed by atoms with Crippen molar-refractivity contribution in [1.82, 2.24) is 14.9 Å². The number of urea groups is 1. The van der Waals surface area contributed by atoms with E-state index in [1.54, 1.807) is 6.20 Å². The number of nitrogens with one attached hydrogen (secondary N) is 2. The lowest BCUT2D eigenvalue weighted by molar-refractivity contribution is 0.122. The van der Waals surface area contributed by atoms with Crippen molar-refractivity contribution in [2.75, 3.05) is 48.4 Å². The van der Waals surface area contributed by atoms with Crippen LogP contribution in [0.2, 0.25) is 0 Å². The highest BCUT2D eigenvalue weighted by atomic mass is 16.5. The highest BCUT2D eigenvalue weighted by Crippen LogP contribution is 2.24. The van der Waals surface area contributed by atoms with Crippen LogP contribution in [0.5, 0.6) is 0 Å². The number of morpholine rings is 1. The summed E-state index contributed by atoms with van der Waals surface area (Å²) in [4.78, 5) is 25.7. The lowest BCUT2D eigenvalue weighted by Crippen LogP contribution is -2.37. The summed E-state index contributed by atoms with van der Waals surface area (Å²) in [5, 5.41) is 6.29. The third-order valence-electron chi connectivity index (χ3n) is 6.40. The Bertz CT molecular complexity index is 1110. The molecular weight excluding hydrogens is 428 g/mol. The molecular formula is C26H30N6O2. The van der Waals surface area contributed by atoms with Gasteiger partial charge in [-0.1, -0.05) is 12.1 Å². The fourth-order valence-electron chi connectivity index (χ4n) is 4.44. The van der Waals surface area contributed by atoms with Gasteiger partial charge in [0.2, 0.25) is 5.95 Å². The van der Waals surface area contributed by atoms with E-state index >= 15 is 0 Å². The van der Waals surface area contributed by atoms with Crippen LogP contribution < -0.4 is 15.5 Å². The highest BCUT2D eigenvalue weighted by Gasteiger charge is 2.24. The van der Waals surface area contributed by atoms with Gasteiger partial charge in [0.25, 0.3) is 0 Å². The highest BCUT2D eigenvalue weighted by molar-refractivity contribution is 5.90. The lowest BCUT2D eigenvalue weighted by atomic mass is 10.1. The second kappa shape index (κ2) is 10.1. The standard InChI is InChI=1S/C26H30N6O2/c1-19-3-2-14-32(19)26(33)29-22-6-4-20(5-7-22)24-12-13-27-25(30-24)28-21-8-10-23(11-9-21)31-15-17-34-18-16-31/h4-13,19H,2-3,14-18H2,1H3,(H,29,33)(H,27,28,30)/t19-/m1/s1. The van der Waals surface area contributed by atoms with E-state index in [0.717, 1.165) is 68.3 Å². The molecule has 0 spiro atoms. The van der Waals surface area contributed by atoms with Gasteiger partial charge in [-0.05, 0) is 62.2 Å². The number of benzene rings is 2. The Labute approximate surface area is 200 Å². The molecule has 34 heavy (non-hydrogen) atoms. The van der Waals surface area contributed by atoms with Gasteiger partial charge in [-0.3, -0.25) is 0 Å². The van der Waals surface area contributed by atoms with E-state index in [2.05, 4.69) is 44.6 Å². The molecule has 2 N–H and O–H groups in total. The van der Waals surface area contributed by atoms with Crippen molar-refractivity contribution < 1.29 is 9.53 Å². The van der Waals surface area contributed by atoms with Crippen LogP contribution in [-0.2, 0) is 4.74 Å². The van der Waals surface area contributed by atoms with Crippen LogP contribution in [0.1, 0.15) is 19.8 Å². The van der Waals surface area contributed by atoms with Crippen molar-refractivity contribution in [3.63, 3.8) is 0 Å². The van der Waals surface area contributed by atoms with Crippen molar-refractivity contribution in [2.45, 2.75) is 25.8 Å². The molecule has 0 radical (unpaired) electrons. The molecule has 1 aromatic heterocycles. The number of hydrogen-bond acceptors (Lipinski definition) is 6. The minimum absolute atomic E-state index is 0.0362. The Hall–Kier alpha value is -3.65. The van der Waals surface area contributed by atoms with Crippen LogP contribution >= 0.6 is 0 Å². The molecule has 8 heteroatoms. The van der Waals surface area contributed by atoms with Gasteiger partial charge < -0.3 is 25.2 Å². The molecule has 2 amide bonds. The summed E-state index contributed by atoms with van der Waals surface area (Å²) >= 11 is 0. The number of nitrogens with zero attached hydrogens (tertiary/aromatic N) is 4. The van der Waals surface area contributed by atoms with E-state index in [-0.39, 0.29) is 6.03 Å². The molecule has 3 aromatic rings. The number of carbonyl (C=O) groups is 1. The van der Waals surface area contributed by atoms with Gasteiger partial charge in [0.05, 0.1) is 18.9 Å². The summed E-state index contributed by atoms with van der Waals surface area (Å²) in [5.74, 6) is 0.539. The third-order valence-corrected chi connectivity index (χ3v) is 6.40. The summed E-state index contributed by atoms with van der Waals surface area (Å²) in [6.45, 7) is 6.28. The van der Waals surface area contributed by atoms with Gasteiger partial charge >= 0.3 is 6.03 Å². The van der Waals surface area contributed by atoms with Crippen LogP contribution in [0, 0.1) is 0 Å². The second-order valence-corrected chi connectivity index (χ2v) is 8.73. The van der Waals surface area contributed by atoms with E-state index < -0.39 is 0 Å². The second-order valence-electron chi connectivity index (χ2n) is 8.73. The quantitative estimate of drug-likeness (QED) is 0.575. The predicted octanol–water partition coefficient (Wildman–Crippen LogP) is 4.74. The molecule has 2 saturated heterocycles. The summed E-state index contributed by atoms with van der Waals surface area (Å²) < 4.78 is 5.43. The predicted molar refractivity (Wildman–Crippen MR) is 135 cm³/mol. The number of rotatable bonds is 5. The van der Waals surface area contributed by atoms with E-state index in [1.807, 2.05) is 47.4 Å². The molecule has 1 atom stereocenters. The Morgan fingerprint density at radius 2 is 1.71 bits per heavy atom. The number of aromatic nitrogens is 2. The minimum atomic E-state index is -0.0362. The number of anilines is 4.